The van der Waals surface area contributed by atoms with E-state index in [4.69, 9.17) is 0 Å². The summed E-state index contributed by atoms with van der Waals surface area (Å²) < 4.78 is 0. The quantitative estimate of drug-likeness (QED) is 0.526. The molecule has 0 fully saturated rings. The van der Waals surface area contributed by atoms with Gasteiger partial charge < -0.3 is 17.9 Å². The number of rotatable bonds is 4. The van der Waals surface area contributed by atoms with Crippen molar-refractivity contribution in [3.63, 3.8) is 0 Å². The minimum atomic E-state index is 0. The van der Waals surface area contributed by atoms with Crippen LogP contribution in [-0.4, -0.2) is 11.0 Å². The molecule has 0 aliphatic carbocycles. The van der Waals surface area contributed by atoms with Gasteiger partial charge in [-0.1, -0.05) is 33.1 Å². The molecule has 0 saturated heterocycles. The predicted octanol–water partition coefficient (Wildman–Crippen LogP) is 1.38. The van der Waals surface area contributed by atoms with Crippen LogP contribution in [0.25, 0.3) is 0 Å². The van der Waals surface area contributed by atoms with E-state index in [9.17, 15) is 0 Å². The molecule has 0 bridgehead atoms. The third-order valence-electron chi connectivity index (χ3n) is 1.28. The molecule has 3 heteroatoms. The van der Waals surface area contributed by atoms with Gasteiger partial charge in [0.25, 0.3) is 0 Å². The fourth-order valence-corrected chi connectivity index (χ4v) is 0.729. The minimum Gasteiger partial charge on any atom is -0.412 e. The smallest absolute Gasteiger partial charge is 0 e. The summed E-state index contributed by atoms with van der Waals surface area (Å²) in [6.45, 7) is 8.32. The van der Waals surface area contributed by atoms with Gasteiger partial charge in [-0.3, -0.25) is 0 Å². The van der Waals surface area contributed by atoms with E-state index in [0.29, 0.717) is 0 Å². The molecule has 11 heavy (non-hydrogen) atoms. The molecule has 0 aromatic rings. The first-order valence-corrected chi connectivity index (χ1v) is 3.56. The second kappa shape index (κ2) is 17.1. The van der Waals surface area contributed by atoms with Gasteiger partial charge in [0.15, 0.2) is 0 Å². The topological polar surface area (TPSA) is 63.0 Å². The molecular weight excluding hydrogens is 219 g/mol. The van der Waals surface area contributed by atoms with Crippen LogP contribution in [0, 0.1) is 12.8 Å². The third-order valence-corrected chi connectivity index (χ3v) is 1.28. The molecule has 0 heterocycles. The van der Waals surface area contributed by atoms with E-state index in [1.165, 1.54) is 19.3 Å². The van der Waals surface area contributed by atoms with Crippen molar-refractivity contribution in [2.45, 2.75) is 39.5 Å². The Morgan fingerprint density at radius 2 is 1.55 bits per heavy atom. The third kappa shape index (κ3) is 24.9. The molecular formula is C8H21O2Zr-. The van der Waals surface area contributed by atoms with Gasteiger partial charge in [0.05, 0.1) is 0 Å². The summed E-state index contributed by atoms with van der Waals surface area (Å²) in [5.41, 5.74) is 0. The van der Waals surface area contributed by atoms with Crippen LogP contribution < -0.4 is 0 Å². The zero-order valence-corrected chi connectivity index (χ0v) is 10.1. The van der Waals surface area contributed by atoms with Crippen molar-refractivity contribution >= 4 is 0 Å². The molecule has 0 amide bonds. The molecule has 0 rings (SSSR count). The van der Waals surface area contributed by atoms with Crippen molar-refractivity contribution < 1.29 is 37.2 Å². The average molecular weight is 240 g/mol. The molecule has 70 valence electrons. The Kier molecular flexibility index (Phi) is 35.1. The first-order chi connectivity index (χ1) is 3.77. The number of hydrogen-bond donors (Lipinski definition) is 0. The van der Waals surface area contributed by atoms with Gasteiger partial charge in [-0.15, -0.1) is 0 Å². The molecule has 2 nitrogen and oxygen atoms in total. The summed E-state index contributed by atoms with van der Waals surface area (Å²) in [5.74, 6) is 0.876. The largest absolute Gasteiger partial charge is 0.412 e. The van der Waals surface area contributed by atoms with Gasteiger partial charge in [0, 0.05) is 26.2 Å². The van der Waals surface area contributed by atoms with Crippen molar-refractivity contribution in [2.24, 2.45) is 5.92 Å². The Labute approximate surface area is 89.5 Å². The average Bonchev–Trinajstić information content (AvgIpc) is 1.66. The van der Waals surface area contributed by atoms with E-state index in [1.54, 1.807) is 0 Å². The van der Waals surface area contributed by atoms with E-state index in [1.807, 2.05) is 0 Å². The molecule has 0 aliphatic rings. The normalized spacial score (nSPS) is 7.64. The van der Waals surface area contributed by atoms with Crippen molar-refractivity contribution in [3.8, 4) is 0 Å². The molecule has 0 aliphatic heterocycles. The Morgan fingerprint density at radius 1 is 1.09 bits per heavy atom. The zero-order chi connectivity index (χ0) is 6.41. The number of hydrogen-bond acceptors (Lipinski definition) is 0. The van der Waals surface area contributed by atoms with Crippen molar-refractivity contribution in [1.29, 1.82) is 0 Å². The van der Waals surface area contributed by atoms with Crippen LogP contribution in [0.1, 0.15) is 39.5 Å². The van der Waals surface area contributed by atoms with Crippen LogP contribution in [0.3, 0.4) is 0 Å². The first kappa shape index (κ1) is 22.6. The Balaban J connectivity index is -0.0000000817. The second-order valence-corrected chi connectivity index (χ2v) is 2.74. The summed E-state index contributed by atoms with van der Waals surface area (Å²) in [5, 5.41) is 0. The molecule has 0 saturated carbocycles. The fraction of sp³-hybridized carbons (Fsp3) is 0.875. The minimum absolute atomic E-state index is 0. The molecule has 0 radical (unpaired) electrons. The fourth-order valence-electron chi connectivity index (χ4n) is 0.729. The van der Waals surface area contributed by atoms with Crippen molar-refractivity contribution in [3.05, 3.63) is 6.92 Å². The monoisotopic (exact) mass is 239 g/mol. The summed E-state index contributed by atoms with van der Waals surface area (Å²) in [7, 11) is 0. The Bertz CT molecular complexity index is 49.4. The summed E-state index contributed by atoms with van der Waals surface area (Å²) in [4.78, 5) is 0. The number of unbranched alkanes of at least 4 members (excludes halogenated alkanes) is 2. The molecule has 0 spiro atoms. The van der Waals surface area contributed by atoms with Crippen LogP contribution in [0.2, 0.25) is 0 Å². The molecule has 4 N–H and O–H groups in total. The Morgan fingerprint density at radius 3 is 1.82 bits per heavy atom. The maximum absolute atomic E-state index is 3.78. The van der Waals surface area contributed by atoms with E-state index < -0.39 is 0 Å². The van der Waals surface area contributed by atoms with Crippen molar-refractivity contribution in [2.75, 3.05) is 0 Å². The second-order valence-electron chi connectivity index (χ2n) is 2.74. The van der Waals surface area contributed by atoms with Crippen LogP contribution >= 0.6 is 0 Å². The van der Waals surface area contributed by atoms with Gasteiger partial charge in [0.1, 0.15) is 0 Å². The van der Waals surface area contributed by atoms with Gasteiger partial charge in [-0.25, -0.2) is 0 Å². The summed E-state index contributed by atoms with van der Waals surface area (Å²) in [6, 6.07) is 0. The Hall–Kier alpha value is 0.803. The SMILES string of the molecule is O.O.[CH2-]CCCCC(C)C.[Zr]. The maximum atomic E-state index is 3.78. The van der Waals surface area contributed by atoms with Crippen LogP contribution in [0.5, 0.6) is 0 Å². The first-order valence-electron chi connectivity index (χ1n) is 3.56. The van der Waals surface area contributed by atoms with Gasteiger partial charge in [-0.05, 0) is 5.92 Å². The standard InChI is InChI=1S/C8H17.2H2O.Zr/c1-4-5-6-7-8(2)3;;;/h8H,1,4-7H2,2-3H3;2*1H2;/q-1;;;. The summed E-state index contributed by atoms with van der Waals surface area (Å²) >= 11 is 0. The van der Waals surface area contributed by atoms with Gasteiger partial charge in [0.2, 0.25) is 0 Å². The summed E-state index contributed by atoms with van der Waals surface area (Å²) in [6.07, 6.45) is 5.14. The van der Waals surface area contributed by atoms with Gasteiger partial charge >= 0.3 is 0 Å². The zero-order valence-electron chi connectivity index (χ0n) is 7.61. The van der Waals surface area contributed by atoms with Gasteiger partial charge in [-0.2, -0.15) is 6.42 Å². The van der Waals surface area contributed by atoms with Crippen LogP contribution in [0.4, 0.5) is 0 Å². The molecule has 0 atom stereocenters. The predicted molar refractivity (Wildman–Crippen MR) is 45.9 cm³/mol. The van der Waals surface area contributed by atoms with Crippen molar-refractivity contribution in [1.82, 2.24) is 0 Å². The van der Waals surface area contributed by atoms with E-state index >= 15 is 0 Å². The van der Waals surface area contributed by atoms with Crippen LogP contribution in [-0.2, 0) is 26.2 Å². The maximum Gasteiger partial charge on any atom is 0 e. The van der Waals surface area contributed by atoms with E-state index in [2.05, 4.69) is 20.8 Å². The molecule has 0 aromatic carbocycles. The van der Waals surface area contributed by atoms with E-state index in [-0.39, 0.29) is 37.2 Å². The van der Waals surface area contributed by atoms with E-state index in [0.717, 1.165) is 12.3 Å². The molecule has 0 aromatic heterocycles. The van der Waals surface area contributed by atoms with Crippen LogP contribution in [0.15, 0.2) is 0 Å². The molecule has 0 unspecified atom stereocenters.